The molecule has 2 atom stereocenters. The number of aromatic nitrogens is 1. The lowest BCUT2D eigenvalue weighted by Gasteiger charge is -2.40. The number of fused-ring (bicyclic) bond motifs is 2. The van der Waals surface area contributed by atoms with Gasteiger partial charge < -0.3 is 14.7 Å². The first-order valence-corrected chi connectivity index (χ1v) is 9.22. The molecule has 1 saturated heterocycles. The minimum Gasteiger partial charge on any atom is -0.481 e. The first-order valence-electron chi connectivity index (χ1n) is 9.22. The van der Waals surface area contributed by atoms with Gasteiger partial charge in [0.25, 0.3) is 0 Å². The van der Waals surface area contributed by atoms with Crippen LogP contribution >= 0.6 is 0 Å². The van der Waals surface area contributed by atoms with E-state index in [4.69, 9.17) is 4.74 Å². The van der Waals surface area contributed by atoms with Crippen LogP contribution in [0.25, 0.3) is 0 Å². The van der Waals surface area contributed by atoms with E-state index in [2.05, 4.69) is 41.1 Å². The van der Waals surface area contributed by atoms with Crippen molar-refractivity contribution < 1.29 is 14.6 Å². The maximum Gasteiger partial charge on any atom is 0.313 e. The molecule has 5 heteroatoms. The van der Waals surface area contributed by atoms with Gasteiger partial charge in [-0.05, 0) is 43.0 Å². The van der Waals surface area contributed by atoms with E-state index in [9.17, 15) is 9.90 Å². The van der Waals surface area contributed by atoms with Gasteiger partial charge in [-0.25, -0.2) is 0 Å². The van der Waals surface area contributed by atoms with E-state index in [0.717, 1.165) is 25.9 Å². The molecule has 1 aromatic heterocycles. The van der Waals surface area contributed by atoms with Crippen LogP contribution in [0.3, 0.4) is 0 Å². The number of pyridine rings is 1. The molecular formula is C21H24N2O3. The topological polar surface area (TPSA) is 62.7 Å². The molecule has 1 spiro atoms. The van der Waals surface area contributed by atoms with E-state index in [1.54, 1.807) is 12.3 Å². The van der Waals surface area contributed by atoms with Gasteiger partial charge in [0, 0.05) is 25.8 Å². The highest BCUT2D eigenvalue weighted by Crippen LogP contribution is 2.49. The first kappa shape index (κ1) is 17.2. The van der Waals surface area contributed by atoms with Crippen LogP contribution in [0.2, 0.25) is 0 Å². The molecule has 0 saturated carbocycles. The molecule has 2 unspecified atom stereocenters. The Bertz CT molecular complexity index is 785. The van der Waals surface area contributed by atoms with E-state index in [0.29, 0.717) is 12.2 Å². The Morgan fingerprint density at radius 2 is 2.00 bits per heavy atom. The average molecular weight is 352 g/mol. The molecule has 2 aromatic rings. The third-order valence-corrected chi connectivity index (χ3v) is 5.74. The minimum absolute atomic E-state index is 0.123. The van der Waals surface area contributed by atoms with E-state index in [1.165, 1.54) is 11.1 Å². The smallest absolute Gasteiger partial charge is 0.313 e. The zero-order valence-corrected chi connectivity index (χ0v) is 15.0. The number of hydrogen-bond acceptors (Lipinski definition) is 4. The van der Waals surface area contributed by atoms with Gasteiger partial charge in [-0.3, -0.25) is 9.78 Å². The quantitative estimate of drug-likeness (QED) is 0.914. The normalized spacial score (nSPS) is 22.9. The molecule has 0 aliphatic carbocycles. The van der Waals surface area contributed by atoms with Crippen molar-refractivity contribution in [2.24, 2.45) is 0 Å². The van der Waals surface area contributed by atoms with Crippen LogP contribution in [0.5, 0.6) is 0 Å². The number of carboxylic acids is 1. The highest BCUT2D eigenvalue weighted by molar-refractivity contribution is 5.75. The molecule has 0 amide bonds. The maximum atomic E-state index is 11.7. The van der Waals surface area contributed by atoms with Crippen molar-refractivity contribution in [2.45, 2.75) is 37.4 Å². The summed E-state index contributed by atoms with van der Waals surface area (Å²) in [6, 6.07) is 13.9. The Morgan fingerprint density at radius 1 is 1.27 bits per heavy atom. The van der Waals surface area contributed by atoms with Crippen LogP contribution in [0, 0.1) is 0 Å². The first-order chi connectivity index (χ1) is 12.6. The molecule has 5 nitrogen and oxygen atoms in total. The van der Waals surface area contributed by atoms with Crippen molar-refractivity contribution in [3.05, 3.63) is 65.5 Å². The highest BCUT2D eigenvalue weighted by Gasteiger charge is 2.45. The number of ether oxygens (including phenoxy) is 1. The Labute approximate surface area is 153 Å². The second-order valence-corrected chi connectivity index (χ2v) is 7.29. The fourth-order valence-electron chi connectivity index (χ4n) is 4.35. The summed E-state index contributed by atoms with van der Waals surface area (Å²) in [7, 11) is 0. The van der Waals surface area contributed by atoms with E-state index in [1.807, 2.05) is 12.1 Å². The lowest BCUT2D eigenvalue weighted by Crippen LogP contribution is -2.44. The molecular weight excluding hydrogens is 328 g/mol. The molecule has 136 valence electrons. The van der Waals surface area contributed by atoms with Crippen LogP contribution in [0.1, 0.15) is 48.6 Å². The van der Waals surface area contributed by atoms with Gasteiger partial charge >= 0.3 is 5.97 Å². The van der Waals surface area contributed by atoms with Crippen molar-refractivity contribution in [3.63, 3.8) is 0 Å². The molecule has 26 heavy (non-hydrogen) atoms. The Kier molecular flexibility index (Phi) is 4.51. The van der Waals surface area contributed by atoms with Crippen molar-refractivity contribution >= 4 is 5.97 Å². The SMILES string of the molecule is CC1OC2(CCN(CC(C(=O)O)c3ccccn3)CC2)c2ccccc21. The van der Waals surface area contributed by atoms with Crippen molar-refractivity contribution in [1.82, 2.24) is 9.88 Å². The minimum atomic E-state index is -0.819. The zero-order valence-electron chi connectivity index (χ0n) is 15.0. The van der Waals surface area contributed by atoms with Crippen LogP contribution in [0.4, 0.5) is 0 Å². The summed E-state index contributed by atoms with van der Waals surface area (Å²) in [6.07, 6.45) is 3.56. The lowest BCUT2D eigenvalue weighted by molar-refractivity contribution is -0.140. The summed E-state index contributed by atoms with van der Waals surface area (Å²) < 4.78 is 6.39. The predicted octanol–water partition coefficient (Wildman–Crippen LogP) is 3.33. The van der Waals surface area contributed by atoms with Gasteiger partial charge in [0.15, 0.2) is 0 Å². The zero-order chi connectivity index (χ0) is 18.1. The molecule has 2 aliphatic rings. The van der Waals surface area contributed by atoms with Crippen molar-refractivity contribution in [3.8, 4) is 0 Å². The second-order valence-electron chi connectivity index (χ2n) is 7.29. The standard InChI is InChI=1S/C21H24N2O3/c1-15-16-6-2-3-7-18(16)21(26-15)9-12-23(13-10-21)14-17(20(24)25)19-8-4-5-11-22-19/h2-8,11,15,17H,9-10,12-14H2,1H3,(H,24,25). The molecule has 0 bridgehead atoms. The Morgan fingerprint density at radius 3 is 2.69 bits per heavy atom. The van der Waals surface area contributed by atoms with Gasteiger partial charge in [0.2, 0.25) is 0 Å². The van der Waals surface area contributed by atoms with E-state index < -0.39 is 11.9 Å². The van der Waals surface area contributed by atoms with Gasteiger partial charge in [-0.1, -0.05) is 30.3 Å². The summed E-state index contributed by atoms with van der Waals surface area (Å²) in [6.45, 7) is 4.26. The number of nitrogens with zero attached hydrogens (tertiary/aromatic N) is 2. The molecule has 1 aromatic carbocycles. The monoisotopic (exact) mass is 352 g/mol. The maximum absolute atomic E-state index is 11.7. The molecule has 4 rings (SSSR count). The fourth-order valence-corrected chi connectivity index (χ4v) is 4.35. The average Bonchev–Trinajstić information content (AvgIpc) is 2.94. The second kappa shape index (κ2) is 6.82. The van der Waals surface area contributed by atoms with Crippen LogP contribution < -0.4 is 0 Å². The molecule has 1 fully saturated rings. The lowest BCUT2D eigenvalue weighted by atomic mass is 9.83. The van der Waals surface area contributed by atoms with Gasteiger partial charge in [0.05, 0.1) is 17.4 Å². The number of carbonyl (C=O) groups is 1. The molecule has 2 aliphatic heterocycles. The molecule has 3 heterocycles. The van der Waals surface area contributed by atoms with Crippen LogP contribution in [-0.2, 0) is 15.1 Å². The van der Waals surface area contributed by atoms with Crippen molar-refractivity contribution in [2.75, 3.05) is 19.6 Å². The number of aliphatic carboxylic acids is 1. The molecule has 1 N–H and O–H groups in total. The summed E-state index contributed by atoms with van der Waals surface area (Å²) in [4.78, 5) is 18.2. The van der Waals surface area contributed by atoms with Gasteiger partial charge in [-0.2, -0.15) is 0 Å². The molecule has 0 radical (unpaired) electrons. The highest BCUT2D eigenvalue weighted by atomic mass is 16.5. The Balaban J connectivity index is 1.47. The van der Waals surface area contributed by atoms with Gasteiger partial charge in [-0.15, -0.1) is 0 Å². The summed E-state index contributed by atoms with van der Waals surface area (Å²) in [5.74, 6) is -1.42. The third kappa shape index (κ3) is 3.02. The third-order valence-electron chi connectivity index (χ3n) is 5.74. The number of rotatable bonds is 4. The fraction of sp³-hybridized carbons (Fsp3) is 0.429. The van der Waals surface area contributed by atoms with Crippen LogP contribution in [0.15, 0.2) is 48.7 Å². The number of likely N-dealkylation sites (tertiary alicyclic amines) is 1. The van der Waals surface area contributed by atoms with Crippen molar-refractivity contribution in [1.29, 1.82) is 0 Å². The van der Waals surface area contributed by atoms with E-state index in [-0.39, 0.29) is 11.7 Å². The largest absolute Gasteiger partial charge is 0.481 e. The van der Waals surface area contributed by atoms with Gasteiger partial charge in [0.1, 0.15) is 5.92 Å². The number of piperidine rings is 1. The summed E-state index contributed by atoms with van der Waals surface area (Å²) in [5.41, 5.74) is 3.01. The number of benzene rings is 1. The van der Waals surface area contributed by atoms with Crippen LogP contribution in [-0.4, -0.2) is 40.6 Å². The Hall–Kier alpha value is -2.24. The van der Waals surface area contributed by atoms with E-state index >= 15 is 0 Å². The predicted molar refractivity (Wildman–Crippen MR) is 97.9 cm³/mol. The summed E-state index contributed by atoms with van der Waals surface area (Å²) in [5, 5.41) is 9.64. The number of carboxylic acid groups (broad SMARTS) is 1. The summed E-state index contributed by atoms with van der Waals surface area (Å²) >= 11 is 0. The number of hydrogen-bond donors (Lipinski definition) is 1.